The summed E-state index contributed by atoms with van der Waals surface area (Å²) in [6.07, 6.45) is 0.774. The monoisotopic (exact) mass is 310 g/mol. The molecule has 0 saturated carbocycles. The van der Waals surface area contributed by atoms with E-state index in [2.05, 4.69) is 42.6 Å². The molecule has 2 unspecified atom stereocenters. The topological polar surface area (TPSA) is 64.3 Å². The maximum Gasteiger partial charge on any atom is 0.217 e. The molecule has 3 N–H and O–H groups in total. The summed E-state index contributed by atoms with van der Waals surface area (Å²) in [6, 6.07) is 14.0. The molecule has 0 spiro atoms. The van der Waals surface area contributed by atoms with Crippen LogP contribution in [0.5, 0.6) is 5.75 Å². The molecule has 1 aliphatic rings. The molecule has 2 aromatic carbocycles. The minimum atomic E-state index is -0.194. The molecule has 0 aliphatic carbocycles. The number of carbonyl (C=O) groups is 1. The highest BCUT2D eigenvalue weighted by molar-refractivity contribution is 5.73. The zero-order valence-corrected chi connectivity index (χ0v) is 13.5. The van der Waals surface area contributed by atoms with E-state index in [0.29, 0.717) is 6.61 Å². The van der Waals surface area contributed by atoms with E-state index in [1.807, 2.05) is 12.1 Å². The molecule has 0 radical (unpaired) electrons. The second-order valence-corrected chi connectivity index (χ2v) is 6.08. The van der Waals surface area contributed by atoms with E-state index in [1.54, 1.807) is 0 Å². The van der Waals surface area contributed by atoms with Crippen LogP contribution >= 0.6 is 0 Å². The molecule has 1 aliphatic heterocycles. The van der Waals surface area contributed by atoms with Crippen molar-refractivity contribution in [3.8, 4) is 5.75 Å². The molecule has 1 heterocycles. The van der Waals surface area contributed by atoms with Crippen molar-refractivity contribution in [2.75, 3.05) is 6.61 Å². The Balaban J connectivity index is 1.92. The van der Waals surface area contributed by atoms with Gasteiger partial charge in [0.2, 0.25) is 5.91 Å². The molecule has 2 aromatic rings. The van der Waals surface area contributed by atoms with Crippen LogP contribution in [0.4, 0.5) is 0 Å². The summed E-state index contributed by atoms with van der Waals surface area (Å²) < 4.78 is 5.70. The van der Waals surface area contributed by atoms with E-state index in [1.165, 1.54) is 12.5 Å². The number of hydrogen-bond donors (Lipinski definition) is 2. The van der Waals surface area contributed by atoms with Gasteiger partial charge in [-0.25, -0.2) is 0 Å². The number of ether oxygens (including phenoxy) is 1. The lowest BCUT2D eigenvalue weighted by Crippen LogP contribution is -2.30. The van der Waals surface area contributed by atoms with Crippen LogP contribution in [-0.4, -0.2) is 12.5 Å². The number of carbonyl (C=O) groups excluding carboxylic acids is 1. The SMILES string of the molecule is CC(=O)NC1CCOc2ccc(C(N)c3ccc(C)cc3)cc21. The molecular weight excluding hydrogens is 288 g/mol. The maximum atomic E-state index is 11.4. The van der Waals surface area contributed by atoms with Crippen LogP contribution in [0, 0.1) is 6.92 Å². The summed E-state index contributed by atoms with van der Waals surface area (Å²) in [6.45, 7) is 4.21. The van der Waals surface area contributed by atoms with Gasteiger partial charge in [-0.1, -0.05) is 35.9 Å². The van der Waals surface area contributed by atoms with Crippen LogP contribution in [-0.2, 0) is 4.79 Å². The van der Waals surface area contributed by atoms with Crippen molar-refractivity contribution >= 4 is 5.91 Å². The number of benzene rings is 2. The number of fused-ring (bicyclic) bond motifs is 1. The first-order valence-corrected chi connectivity index (χ1v) is 7.90. The number of nitrogens with one attached hydrogen (secondary N) is 1. The van der Waals surface area contributed by atoms with Crippen molar-refractivity contribution in [2.24, 2.45) is 5.73 Å². The molecule has 3 rings (SSSR count). The fourth-order valence-corrected chi connectivity index (χ4v) is 2.97. The van der Waals surface area contributed by atoms with Gasteiger partial charge < -0.3 is 15.8 Å². The molecule has 0 fully saturated rings. The minimum Gasteiger partial charge on any atom is -0.493 e. The number of rotatable bonds is 3. The lowest BCUT2D eigenvalue weighted by molar-refractivity contribution is -0.119. The van der Waals surface area contributed by atoms with Crippen molar-refractivity contribution in [1.29, 1.82) is 0 Å². The Morgan fingerprint density at radius 1 is 1.22 bits per heavy atom. The average Bonchev–Trinajstić information content (AvgIpc) is 2.54. The van der Waals surface area contributed by atoms with Crippen molar-refractivity contribution in [3.63, 3.8) is 0 Å². The molecule has 4 heteroatoms. The highest BCUT2D eigenvalue weighted by atomic mass is 16.5. The fraction of sp³-hybridized carbons (Fsp3) is 0.316. The molecule has 4 nitrogen and oxygen atoms in total. The fourth-order valence-electron chi connectivity index (χ4n) is 2.97. The Morgan fingerprint density at radius 3 is 2.61 bits per heavy atom. The molecular formula is C19H22N2O2. The molecule has 0 saturated heterocycles. The van der Waals surface area contributed by atoms with E-state index in [-0.39, 0.29) is 18.0 Å². The summed E-state index contributed by atoms with van der Waals surface area (Å²) in [5, 5.41) is 2.99. The van der Waals surface area contributed by atoms with Crippen LogP contribution in [0.25, 0.3) is 0 Å². The lowest BCUT2D eigenvalue weighted by Gasteiger charge is -2.27. The van der Waals surface area contributed by atoms with E-state index < -0.39 is 0 Å². The average molecular weight is 310 g/mol. The highest BCUT2D eigenvalue weighted by Gasteiger charge is 2.23. The van der Waals surface area contributed by atoms with Gasteiger partial charge in [0.15, 0.2) is 0 Å². The van der Waals surface area contributed by atoms with Crippen molar-refractivity contribution in [2.45, 2.75) is 32.4 Å². The van der Waals surface area contributed by atoms with E-state index in [9.17, 15) is 4.79 Å². The third-order valence-corrected chi connectivity index (χ3v) is 4.25. The zero-order chi connectivity index (χ0) is 16.4. The van der Waals surface area contributed by atoms with Crippen molar-refractivity contribution in [3.05, 3.63) is 64.7 Å². The zero-order valence-electron chi connectivity index (χ0n) is 13.5. The maximum absolute atomic E-state index is 11.4. The molecule has 23 heavy (non-hydrogen) atoms. The van der Waals surface area contributed by atoms with Gasteiger partial charge >= 0.3 is 0 Å². The van der Waals surface area contributed by atoms with Crippen LogP contribution in [0.3, 0.4) is 0 Å². The van der Waals surface area contributed by atoms with Gasteiger partial charge in [-0.05, 0) is 30.2 Å². The van der Waals surface area contributed by atoms with Gasteiger partial charge in [0, 0.05) is 18.9 Å². The van der Waals surface area contributed by atoms with E-state index >= 15 is 0 Å². The largest absolute Gasteiger partial charge is 0.493 e. The van der Waals surface area contributed by atoms with Gasteiger partial charge in [-0.3, -0.25) is 4.79 Å². The molecule has 2 atom stereocenters. The number of aryl methyl sites for hydroxylation is 1. The Bertz CT molecular complexity index is 710. The van der Waals surface area contributed by atoms with Crippen molar-refractivity contribution in [1.82, 2.24) is 5.32 Å². The normalized spacial score (nSPS) is 17.8. The third-order valence-electron chi connectivity index (χ3n) is 4.25. The first-order chi connectivity index (χ1) is 11.0. The molecule has 1 amide bonds. The van der Waals surface area contributed by atoms with Gasteiger partial charge in [-0.2, -0.15) is 0 Å². The third kappa shape index (κ3) is 3.37. The summed E-state index contributed by atoms with van der Waals surface area (Å²) in [7, 11) is 0. The van der Waals surface area contributed by atoms with Gasteiger partial charge in [0.25, 0.3) is 0 Å². The van der Waals surface area contributed by atoms with Gasteiger partial charge in [0.05, 0.1) is 18.7 Å². The van der Waals surface area contributed by atoms with Crippen LogP contribution < -0.4 is 15.8 Å². The molecule has 0 bridgehead atoms. The number of hydrogen-bond acceptors (Lipinski definition) is 3. The number of amides is 1. The lowest BCUT2D eigenvalue weighted by atomic mass is 9.93. The standard InChI is InChI=1S/C19H22N2O2/c1-12-3-5-14(6-4-12)19(20)15-7-8-18-16(11-15)17(9-10-23-18)21-13(2)22/h3-8,11,17,19H,9-10,20H2,1-2H3,(H,21,22). The van der Waals surface area contributed by atoms with Crippen LogP contribution in [0.15, 0.2) is 42.5 Å². The van der Waals surface area contributed by atoms with Gasteiger partial charge in [0.1, 0.15) is 5.75 Å². The van der Waals surface area contributed by atoms with Crippen LogP contribution in [0.2, 0.25) is 0 Å². The first kappa shape index (κ1) is 15.6. The van der Waals surface area contributed by atoms with Gasteiger partial charge in [-0.15, -0.1) is 0 Å². The smallest absolute Gasteiger partial charge is 0.217 e. The van der Waals surface area contributed by atoms with Crippen LogP contribution in [0.1, 0.15) is 47.7 Å². The second kappa shape index (κ2) is 6.42. The Hall–Kier alpha value is -2.33. The van der Waals surface area contributed by atoms with E-state index in [0.717, 1.165) is 28.9 Å². The summed E-state index contributed by atoms with van der Waals surface area (Å²) in [4.78, 5) is 11.4. The molecule has 0 aromatic heterocycles. The predicted octanol–water partition coefficient (Wildman–Crippen LogP) is 3.00. The number of nitrogens with two attached hydrogens (primary N) is 1. The Labute approximate surface area is 136 Å². The Kier molecular flexibility index (Phi) is 4.35. The molecule has 120 valence electrons. The second-order valence-electron chi connectivity index (χ2n) is 6.08. The summed E-state index contributed by atoms with van der Waals surface area (Å²) >= 11 is 0. The quantitative estimate of drug-likeness (QED) is 0.916. The van der Waals surface area contributed by atoms with E-state index in [4.69, 9.17) is 10.5 Å². The minimum absolute atomic E-state index is 0.0126. The Morgan fingerprint density at radius 2 is 1.91 bits per heavy atom. The first-order valence-electron chi connectivity index (χ1n) is 7.90. The predicted molar refractivity (Wildman–Crippen MR) is 90.3 cm³/mol. The summed E-state index contributed by atoms with van der Waals surface area (Å²) in [5.41, 5.74) is 10.7. The highest BCUT2D eigenvalue weighted by Crippen LogP contribution is 2.34. The summed E-state index contributed by atoms with van der Waals surface area (Å²) in [5.74, 6) is 0.797. The van der Waals surface area contributed by atoms with Crippen molar-refractivity contribution < 1.29 is 9.53 Å².